The molecule has 0 aliphatic heterocycles. The Morgan fingerprint density at radius 1 is 1.30 bits per heavy atom. The largest absolute Gasteiger partial charge is 0.493 e. The molecule has 0 unspecified atom stereocenters. The standard InChI is InChI=1S/C15H24ClNO3/c1-3-6-17-11-12-9-13(16)15(14(10-12)19-2)20-8-5-4-7-18/h9-10,17-18H,3-8,11H2,1-2H3. The highest BCUT2D eigenvalue weighted by atomic mass is 35.5. The van der Waals surface area contributed by atoms with Gasteiger partial charge in [-0.15, -0.1) is 0 Å². The summed E-state index contributed by atoms with van der Waals surface area (Å²) in [5, 5.41) is 12.6. The molecular weight excluding hydrogens is 278 g/mol. The van der Waals surface area contributed by atoms with E-state index in [4.69, 9.17) is 26.2 Å². The lowest BCUT2D eigenvalue weighted by Gasteiger charge is -2.14. The first-order valence-electron chi connectivity index (χ1n) is 7.03. The highest BCUT2D eigenvalue weighted by molar-refractivity contribution is 6.32. The zero-order valence-electron chi connectivity index (χ0n) is 12.2. The van der Waals surface area contributed by atoms with Gasteiger partial charge in [-0.1, -0.05) is 18.5 Å². The summed E-state index contributed by atoms with van der Waals surface area (Å²) in [4.78, 5) is 0. The van der Waals surface area contributed by atoms with E-state index in [0.717, 1.165) is 37.9 Å². The van der Waals surface area contributed by atoms with Crippen LogP contribution in [0.5, 0.6) is 11.5 Å². The van der Waals surface area contributed by atoms with Crippen molar-refractivity contribution < 1.29 is 14.6 Å². The molecule has 1 aromatic rings. The number of unbranched alkanes of at least 4 members (excludes halogenated alkanes) is 1. The topological polar surface area (TPSA) is 50.7 Å². The van der Waals surface area contributed by atoms with E-state index in [2.05, 4.69) is 12.2 Å². The van der Waals surface area contributed by atoms with Gasteiger partial charge in [-0.3, -0.25) is 0 Å². The number of rotatable bonds is 10. The molecule has 1 aromatic carbocycles. The molecule has 0 aromatic heterocycles. The van der Waals surface area contributed by atoms with Crippen LogP contribution in [0.1, 0.15) is 31.7 Å². The number of methoxy groups -OCH3 is 1. The summed E-state index contributed by atoms with van der Waals surface area (Å²) in [6.07, 6.45) is 2.60. The van der Waals surface area contributed by atoms with Crippen LogP contribution in [-0.2, 0) is 6.54 Å². The van der Waals surface area contributed by atoms with Crippen molar-refractivity contribution in [3.8, 4) is 11.5 Å². The van der Waals surface area contributed by atoms with E-state index in [0.29, 0.717) is 23.1 Å². The first-order valence-corrected chi connectivity index (χ1v) is 7.41. The van der Waals surface area contributed by atoms with Gasteiger partial charge in [0.15, 0.2) is 11.5 Å². The van der Waals surface area contributed by atoms with E-state index >= 15 is 0 Å². The van der Waals surface area contributed by atoms with Crippen molar-refractivity contribution in [1.29, 1.82) is 0 Å². The molecular formula is C15H24ClNO3. The maximum Gasteiger partial charge on any atom is 0.179 e. The Hall–Kier alpha value is -0.970. The number of hydrogen-bond donors (Lipinski definition) is 2. The number of benzene rings is 1. The van der Waals surface area contributed by atoms with Crippen LogP contribution >= 0.6 is 11.6 Å². The molecule has 0 bridgehead atoms. The van der Waals surface area contributed by atoms with Crippen LogP contribution in [0, 0.1) is 0 Å². The summed E-state index contributed by atoms with van der Waals surface area (Å²) in [6.45, 7) is 4.55. The van der Waals surface area contributed by atoms with Gasteiger partial charge in [0.1, 0.15) is 0 Å². The van der Waals surface area contributed by atoms with Crippen LogP contribution in [-0.4, -0.2) is 32.0 Å². The zero-order chi connectivity index (χ0) is 14.8. The number of ether oxygens (including phenoxy) is 2. The van der Waals surface area contributed by atoms with Crippen molar-refractivity contribution in [2.75, 3.05) is 26.9 Å². The Morgan fingerprint density at radius 2 is 2.10 bits per heavy atom. The Morgan fingerprint density at radius 3 is 2.75 bits per heavy atom. The maximum absolute atomic E-state index is 8.74. The molecule has 114 valence electrons. The fourth-order valence-corrected chi connectivity index (χ4v) is 2.10. The molecule has 1 rings (SSSR count). The molecule has 0 amide bonds. The minimum atomic E-state index is 0.177. The summed E-state index contributed by atoms with van der Waals surface area (Å²) in [6, 6.07) is 3.84. The molecule has 0 radical (unpaired) electrons. The fraction of sp³-hybridized carbons (Fsp3) is 0.600. The van der Waals surface area contributed by atoms with Crippen LogP contribution < -0.4 is 14.8 Å². The van der Waals surface area contributed by atoms with E-state index in [-0.39, 0.29) is 6.61 Å². The fourth-order valence-electron chi connectivity index (χ4n) is 1.81. The number of nitrogens with one attached hydrogen (secondary N) is 1. The minimum Gasteiger partial charge on any atom is -0.493 e. The van der Waals surface area contributed by atoms with Crippen molar-refractivity contribution in [2.24, 2.45) is 0 Å². The van der Waals surface area contributed by atoms with Crippen molar-refractivity contribution in [3.05, 3.63) is 22.7 Å². The number of halogens is 1. The van der Waals surface area contributed by atoms with Crippen LogP contribution in [0.2, 0.25) is 5.02 Å². The van der Waals surface area contributed by atoms with Crippen LogP contribution in [0.15, 0.2) is 12.1 Å². The first kappa shape index (κ1) is 17.1. The van der Waals surface area contributed by atoms with E-state index in [1.807, 2.05) is 12.1 Å². The Labute approximate surface area is 126 Å². The first-order chi connectivity index (χ1) is 9.72. The van der Waals surface area contributed by atoms with E-state index in [9.17, 15) is 0 Å². The van der Waals surface area contributed by atoms with E-state index < -0.39 is 0 Å². The van der Waals surface area contributed by atoms with Crippen molar-refractivity contribution in [1.82, 2.24) is 5.32 Å². The molecule has 0 aliphatic carbocycles. The SMILES string of the molecule is CCCNCc1cc(Cl)c(OCCCCO)c(OC)c1. The molecule has 2 N–H and O–H groups in total. The van der Waals surface area contributed by atoms with E-state index in [1.54, 1.807) is 7.11 Å². The summed E-state index contributed by atoms with van der Waals surface area (Å²) in [5.74, 6) is 1.22. The van der Waals surface area contributed by atoms with Crippen molar-refractivity contribution in [3.63, 3.8) is 0 Å². The number of aliphatic hydroxyl groups excluding tert-OH is 1. The molecule has 20 heavy (non-hydrogen) atoms. The maximum atomic E-state index is 8.74. The monoisotopic (exact) mass is 301 g/mol. The molecule has 5 heteroatoms. The molecule has 4 nitrogen and oxygen atoms in total. The number of hydrogen-bond acceptors (Lipinski definition) is 4. The van der Waals surface area contributed by atoms with Gasteiger partial charge in [-0.25, -0.2) is 0 Å². The molecule has 0 atom stereocenters. The van der Waals surface area contributed by atoms with Crippen LogP contribution in [0.4, 0.5) is 0 Å². The second-order valence-electron chi connectivity index (χ2n) is 4.56. The third kappa shape index (κ3) is 5.57. The lowest BCUT2D eigenvalue weighted by atomic mass is 10.2. The highest BCUT2D eigenvalue weighted by Crippen LogP contribution is 2.36. The van der Waals surface area contributed by atoms with Gasteiger partial charge in [-0.2, -0.15) is 0 Å². The van der Waals surface area contributed by atoms with Crippen molar-refractivity contribution in [2.45, 2.75) is 32.7 Å². The van der Waals surface area contributed by atoms with Gasteiger partial charge in [0.05, 0.1) is 18.7 Å². The second-order valence-corrected chi connectivity index (χ2v) is 4.97. The predicted octanol–water partition coefficient (Wildman–Crippen LogP) is 3.00. The van der Waals surface area contributed by atoms with Gasteiger partial charge in [0, 0.05) is 13.2 Å². The smallest absolute Gasteiger partial charge is 0.179 e. The molecule has 0 spiro atoms. The average Bonchev–Trinajstić information content (AvgIpc) is 2.45. The molecule has 0 saturated heterocycles. The third-order valence-electron chi connectivity index (χ3n) is 2.84. The second kappa shape index (κ2) is 9.86. The summed E-state index contributed by atoms with van der Waals surface area (Å²) in [7, 11) is 1.61. The quantitative estimate of drug-likeness (QED) is 0.652. The lowest BCUT2D eigenvalue weighted by Crippen LogP contribution is -2.14. The van der Waals surface area contributed by atoms with Crippen LogP contribution in [0.3, 0.4) is 0 Å². The molecule has 0 heterocycles. The third-order valence-corrected chi connectivity index (χ3v) is 3.12. The average molecular weight is 302 g/mol. The van der Waals surface area contributed by atoms with Gasteiger partial charge < -0.3 is 19.9 Å². The van der Waals surface area contributed by atoms with Crippen LogP contribution in [0.25, 0.3) is 0 Å². The summed E-state index contributed by atoms with van der Waals surface area (Å²) >= 11 is 6.26. The number of aliphatic hydroxyl groups is 1. The molecule has 0 fully saturated rings. The zero-order valence-corrected chi connectivity index (χ0v) is 13.0. The molecule has 0 aliphatic rings. The van der Waals surface area contributed by atoms with Gasteiger partial charge in [-0.05, 0) is 43.5 Å². The Balaban J connectivity index is 2.69. The van der Waals surface area contributed by atoms with Gasteiger partial charge in [0.2, 0.25) is 0 Å². The predicted molar refractivity (Wildman–Crippen MR) is 81.8 cm³/mol. The van der Waals surface area contributed by atoms with E-state index in [1.165, 1.54) is 0 Å². The summed E-state index contributed by atoms with van der Waals surface area (Å²) < 4.78 is 11.0. The van der Waals surface area contributed by atoms with Crippen molar-refractivity contribution >= 4 is 11.6 Å². The lowest BCUT2D eigenvalue weighted by molar-refractivity contribution is 0.247. The Kier molecular flexibility index (Phi) is 8.42. The minimum absolute atomic E-state index is 0.177. The normalized spacial score (nSPS) is 10.6. The van der Waals surface area contributed by atoms with Gasteiger partial charge in [0.25, 0.3) is 0 Å². The highest BCUT2D eigenvalue weighted by Gasteiger charge is 2.11. The summed E-state index contributed by atoms with van der Waals surface area (Å²) in [5.41, 5.74) is 1.07. The Bertz CT molecular complexity index is 399. The van der Waals surface area contributed by atoms with Gasteiger partial charge >= 0.3 is 0 Å². The molecule has 0 saturated carbocycles.